The highest BCUT2D eigenvalue weighted by atomic mass is 32.1. The number of thiocarbonyl (C=S) groups is 1. The summed E-state index contributed by atoms with van der Waals surface area (Å²) in [5.74, 6) is 0.436. The maximum atomic E-state index is 11.2. The second kappa shape index (κ2) is 9.11. The van der Waals surface area contributed by atoms with Crippen LogP contribution >= 0.6 is 12.2 Å². The number of hydrogen-bond acceptors (Lipinski definition) is 4. The van der Waals surface area contributed by atoms with Crippen molar-refractivity contribution in [1.29, 1.82) is 0 Å². The Morgan fingerprint density at radius 3 is 2.47 bits per heavy atom. The van der Waals surface area contributed by atoms with Gasteiger partial charge < -0.3 is 19.7 Å². The zero-order valence-electron chi connectivity index (χ0n) is 18.5. The van der Waals surface area contributed by atoms with Gasteiger partial charge in [0, 0.05) is 17.4 Å². The number of aromatic nitrogens is 1. The summed E-state index contributed by atoms with van der Waals surface area (Å²) >= 11 is 5.77. The molecule has 1 aliphatic rings. The molecule has 7 heteroatoms. The zero-order chi connectivity index (χ0) is 23.7. The molecule has 0 saturated carbocycles. The van der Waals surface area contributed by atoms with E-state index in [4.69, 9.17) is 16.6 Å². The Hall–Kier alpha value is -3.97. The predicted molar refractivity (Wildman–Crippen MR) is 135 cm³/mol. The van der Waals surface area contributed by atoms with E-state index in [1.807, 2.05) is 30.3 Å². The molecule has 0 spiro atoms. The average Bonchev–Trinajstić information content (AvgIpc) is 3.49. The second-order valence-corrected chi connectivity index (χ2v) is 8.49. The van der Waals surface area contributed by atoms with Crippen molar-refractivity contribution in [3.63, 3.8) is 0 Å². The van der Waals surface area contributed by atoms with E-state index >= 15 is 0 Å². The number of anilines is 1. The molecule has 0 radical (unpaired) electrons. The lowest BCUT2D eigenvalue weighted by Crippen LogP contribution is -2.29. The number of rotatable bonds is 6. The maximum absolute atomic E-state index is 11.2. The number of pyridine rings is 1. The highest BCUT2D eigenvalue weighted by Crippen LogP contribution is 2.42. The topological polar surface area (TPSA) is 78.6 Å². The van der Waals surface area contributed by atoms with E-state index in [1.165, 1.54) is 5.56 Å². The molecule has 34 heavy (non-hydrogen) atoms. The van der Waals surface area contributed by atoms with Gasteiger partial charge in [-0.05, 0) is 72.7 Å². The van der Waals surface area contributed by atoms with Gasteiger partial charge in [0.05, 0.1) is 17.3 Å². The molecule has 2 N–H and O–H groups in total. The predicted octanol–water partition coefficient (Wildman–Crippen LogP) is 5.78. The van der Waals surface area contributed by atoms with Gasteiger partial charge in [0.2, 0.25) is 0 Å². The molecule has 5 rings (SSSR count). The number of nitrogens with one attached hydrogen (secondary N) is 1. The van der Waals surface area contributed by atoms with Crippen LogP contribution in [-0.2, 0) is 6.42 Å². The van der Waals surface area contributed by atoms with Crippen LogP contribution in [-0.4, -0.2) is 21.2 Å². The lowest BCUT2D eigenvalue weighted by molar-refractivity contribution is 0.0697. The standard InChI is InChI=1S/C27H23N3O3S/c1-2-17-6-12-20(13-7-17)30-25(24(29-27(30)34)21-5-3-4-16-28-21)23-15-14-22(33-23)18-8-10-19(11-9-18)26(31)32/h3-16,24-25H,2H2,1H3,(H,29,34)(H,31,32)/t24-,25+/m1/s1. The average molecular weight is 470 g/mol. The summed E-state index contributed by atoms with van der Waals surface area (Å²) < 4.78 is 6.33. The van der Waals surface area contributed by atoms with Crippen molar-refractivity contribution in [1.82, 2.24) is 10.3 Å². The molecule has 0 unspecified atom stereocenters. The van der Waals surface area contributed by atoms with Crippen molar-refractivity contribution in [3.05, 3.63) is 108 Å². The van der Waals surface area contributed by atoms with Crippen molar-refractivity contribution in [2.75, 3.05) is 4.90 Å². The first-order valence-electron chi connectivity index (χ1n) is 11.1. The molecule has 1 saturated heterocycles. The van der Waals surface area contributed by atoms with Crippen LogP contribution in [0.2, 0.25) is 0 Å². The van der Waals surface area contributed by atoms with Crippen molar-refractivity contribution < 1.29 is 14.3 Å². The van der Waals surface area contributed by atoms with Crippen LogP contribution in [0.1, 0.15) is 46.4 Å². The minimum absolute atomic E-state index is 0.201. The molecule has 2 aromatic heterocycles. The molecular formula is C27H23N3O3S. The first kappa shape index (κ1) is 21.9. The number of carboxylic acid groups (broad SMARTS) is 1. The minimum atomic E-state index is -0.958. The molecule has 170 valence electrons. The first-order valence-corrected chi connectivity index (χ1v) is 11.5. The van der Waals surface area contributed by atoms with Crippen LogP contribution in [0.4, 0.5) is 5.69 Å². The highest BCUT2D eigenvalue weighted by molar-refractivity contribution is 7.80. The Morgan fingerprint density at radius 1 is 1.06 bits per heavy atom. The Labute approximate surface area is 202 Å². The largest absolute Gasteiger partial charge is 0.478 e. The number of aryl methyl sites for hydroxylation is 1. The lowest BCUT2D eigenvalue weighted by Gasteiger charge is -2.26. The third kappa shape index (κ3) is 4.06. The summed E-state index contributed by atoms with van der Waals surface area (Å²) in [5.41, 5.74) is 4.13. The smallest absolute Gasteiger partial charge is 0.335 e. The zero-order valence-corrected chi connectivity index (χ0v) is 19.3. The fraction of sp³-hybridized carbons (Fsp3) is 0.148. The lowest BCUT2D eigenvalue weighted by atomic mass is 10.0. The third-order valence-corrected chi connectivity index (χ3v) is 6.37. The summed E-state index contributed by atoms with van der Waals surface area (Å²) in [7, 11) is 0. The van der Waals surface area contributed by atoms with Gasteiger partial charge in [-0.15, -0.1) is 0 Å². The molecule has 6 nitrogen and oxygen atoms in total. The summed E-state index contributed by atoms with van der Waals surface area (Å²) in [6.07, 6.45) is 2.73. The number of hydrogen-bond donors (Lipinski definition) is 2. The van der Waals surface area contributed by atoms with E-state index in [-0.39, 0.29) is 17.6 Å². The molecule has 3 heterocycles. The normalized spacial score (nSPS) is 17.6. The number of nitrogens with zero attached hydrogens (tertiary/aromatic N) is 2. The molecular weight excluding hydrogens is 446 g/mol. The van der Waals surface area contributed by atoms with Crippen molar-refractivity contribution in [2.45, 2.75) is 25.4 Å². The van der Waals surface area contributed by atoms with Crippen LogP contribution in [0.25, 0.3) is 11.3 Å². The van der Waals surface area contributed by atoms with Gasteiger partial charge >= 0.3 is 5.97 Å². The SMILES string of the molecule is CCc1ccc(N2C(=S)N[C@H](c3ccccn3)[C@@H]2c2ccc(-c3ccc(C(=O)O)cc3)o2)cc1. The van der Waals surface area contributed by atoms with Crippen molar-refractivity contribution in [2.24, 2.45) is 0 Å². The minimum Gasteiger partial charge on any atom is -0.478 e. The number of benzene rings is 2. The Bertz CT molecular complexity index is 1320. The van der Waals surface area contributed by atoms with Gasteiger partial charge in [-0.3, -0.25) is 4.98 Å². The van der Waals surface area contributed by atoms with Crippen molar-refractivity contribution in [3.8, 4) is 11.3 Å². The fourth-order valence-electron chi connectivity index (χ4n) is 4.26. The Morgan fingerprint density at radius 2 is 1.82 bits per heavy atom. The number of carbonyl (C=O) groups is 1. The van der Waals surface area contributed by atoms with E-state index < -0.39 is 5.97 Å². The van der Waals surface area contributed by atoms with Crippen molar-refractivity contribution >= 4 is 29.0 Å². The number of carboxylic acids is 1. The van der Waals surface area contributed by atoms with Gasteiger partial charge in [0.1, 0.15) is 17.6 Å². The van der Waals surface area contributed by atoms with Gasteiger partial charge in [-0.25, -0.2) is 4.79 Å². The first-order chi connectivity index (χ1) is 16.5. The van der Waals surface area contributed by atoms with E-state index in [9.17, 15) is 9.90 Å². The quantitative estimate of drug-likeness (QED) is 0.347. The molecule has 2 aromatic carbocycles. The summed E-state index contributed by atoms with van der Waals surface area (Å²) in [4.78, 5) is 17.8. The van der Waals surface area contributed by atoms with E-state index in [2.05, 4.69) is 46.4 Å². The summed E-state index contributed by atoms with van der Waals surface area (Å²) in [6.45, 7) is 2.13. The van der Waals surface area contributed by atoms with E-state index in [0.717, 1.165) is 29.1 Å². The van der Waals surface area contributed by atoms with Crippen LogP contribution in [0, 0.1) is 0 Å². The monoisotopic (exact) mass is 469 g/mol. The second-order valence-electron chi connectivity index (χ2n) is 8.10. The Balaban J connectivity index is 1.55. The van der Waals surface area contributed by atoms with Gasteiger partial charge in [-0.1, -0.05) is 37.3 Å². The number of furan rings is 1. The third-order valence-electron chi connectivity index (χ3n) is 6.06. The maximum Gasteiger partial charge on any atom is 0.335 e. The van der Waals surface area contributed by atoms with Gasteiger partial charge in [0.15, 0.2) is 5.11 Å². The number of aromatic carboxylic acids is 1. The molecule has 1 fully saturated rings. The summed E-state index contributed by atoms with van der Waals surface area (Å²) in [5, 5.41) is 13.2. The van der Waals surface area contributed by atoms with Crippen LogP contribution in [0.3, 0.4) is 0 Å². The Kier molecular flexibility index (Phi) is 5.86. The molecule has 0 aliphatic carbocycles. The molecule has 4 aromatic rings. The van der Waals surface area contributed by atoms with E-state index in [1.54, 1.807) is 30.5 Å². The summed E-state index contributed by atoms with van der Waals surface area (Å²) in [6, 6.07) is 24.3. The van der Waals surface area contributed by atoms with Crippen LogP contribution < -0.4 is 10.2 Å². The molecule has 1 aliphatic heterocycles. The van der Waals surface area contributed by atoms with Crippen LogP contribution in [0.5, 0.6) is 0 Å². The molecule has 2 atom stereocenters. The fourth-order valence-corrected chi connectivity index (χ4v) is 4.60. The highest BCUT2D eigenvalue weighted by Gasteiger charge is 2.42. The van der Waals surface area contributed by atoms with Crippen LogP contribution in [0.15, 0.2) is 89.5 Å². The molecule has 0 bridgehead atoms. The van der Waals surface area contributed by atoms with Gasteiger partial charge in [-0.2, -0.15) is 0 Å². The van der Waals surface area contributed by atoms with Gasteiger partial charge in [0.25, 0.3) is 0 Å². The van der Waals surface area contributed by atoms with E-state index in [0.29, 0.717) is 10.9 Å². The molecule has 0 amide bonds.